The number of esters is 1. The Balaban J connectivity index is 2.15. The zero-order chi connectivity index (χ0) is 16.1. The molecule has 6 heteroatoms. The monoisotopic (exact) mass is 304 g/mol. The smallest absolute Gasteiger partial charge is 0.336 e. The molecule has 0 saturated heterocycles. The lowest BCUT2D eigenvalue weighted by molar-refractivity contribution is -0.175. The minimum atomic E-state index is -1.03. The van der Waals surface area contributed by atoms with Crippen LogP contribution in [0.2, 0.25) is 0 Å². The quantitative estimate of drug-likeness (QED) is 0.640. The first kappa shape index (κ1) is 14.6. The van der Waals surface area contributed by atoms with Crippen LogP contribution in [0, 0.1) is 0 Å². The predicted molar refractivity (Wildman–Crippen MR) is 77.7 cm³/mol. The van der Waals surface area contributed by atoms with Gasteiger partial charge in [0.25, 0.3) is 0 Å². The van der Waals surface area contributed by atoms with Gasteiger partial charge in [-0.15, -0.1) is 0 Å². The third-order valence-electron chi connectivity index (χ3n) is 3.71. The molecule has 2 aromatic rings. The number of ether oxygens (including phenoxy) is 2. The Morgan fingerprint density at radius 1 is 1.32 bits per heavy atom. The van der Waals surface area contributed by atoms with Gasteiger partial charge in [0, 0.05) is 30.0 Å². The molecule has 1 aliphatic heterocycles. The maximum absolute atomic E-state index is 11.3. The van der Waals surface area contributed by atoms with Gasteiger partial charge in [-0.1, -0.05) is 0 Å². The number of aliphatic hydroxyl groups excluding tert-OH is 1. The summed E-state index contributed by atoms with van der Waals surface area (Å²) < 4.78 is 16.2. The molecule has 0 radical (unpaired) electrons. The largest absolute Gasteiger partial charge is 0.483 e. The Hall–Kier alpha value is -2.34. The van der Waals surface area contributed by atoms with Crippen LogP contribution < -0.4 is 10.4 Å². The third kappa shape index (κ3) is 2.35. The van der Waals surface area contributed by atoms with Crippen molar-refractivity contribution in [3.8, 4) is 5.75 Å². The van der Waals surface area contributed by atoms with Crippen LogP contribution in [0.25, 0.3) is 11.0 Å². The van der Waals surface area contributed by atoms with Crippen molar-refractivity contribution in [3.05, 3.63) is 40.2 Å². The summed E-state index contributed by atoms with van der Waals surface area (Å²) in [4.78, 5) is 22.6. The number of fused-ring (bicyclic) bond motifs is 2. The molecule has 2 heterocycles. The van der Waals surface area contributed by atoms with Crippen LogP contribution in [-0.2, 0) is 9.53 Å². The fourth-order valence-corrected chi connectivity index (χ4v) is 2.70. The molecule has 0 saturated carbocycles. The summed E-state index contributed by atoms with van der Waals surface area (Å²) in [5.41, 5.74) is -0.506. The maximum Gasteiger partial charge on any atom is 0.336 e. The highest BCUT2D eigenvalue weighted by molar-refractivity contribution is 5.80. The van der Waals surface area contributed by atoms with Gasteiger partial charge in [0.05, 0.1) is 0 Å². The van der Waals surface area contributed by atoms with Crippen LogP contribution in [0.3, 0.4) is 0 Å². The highest BCUT2D eigenvalue weighted by atomic mass is 16.6. The van der Waals surface area contributed by atoms with Gasteiger partial charge in [-0.25, -0.2) is 4.79 Å². The van der Waals surface area contributed by atoms with E-state index < -0.39 is 29.4 Å². The molecule has 0 unspecified atom stereocenters. The summed E-state index contributed by atoms with van der Waals surface area (Å²) in [5.74, 6) is -0.0845. The van der Waals surface area contributed by atoms with Gasteiger partial charge in [-0.05, 0) is 26.0 Å². The second-order valence-electron chi connectivity index (χ2n) is 5.86. The fraction of sp³-hybridized carbons (Fsp3) is 0.375. The minimum Gasteiger partial charge on any atom is -0.483 e. The molecule has 1 aliphatic rings. The summed E-state index contributed by atoms with van der Waals surface area (Å²) in [6.07, 6.45) is -1.86. The lowest BCUT2D eigenvalue weighted by Crippen LogP contribution is -2.50. The van der Waals surface area contributed by atoms with Crippen LogP contribution in [0.15, 0.2) is 33.5 Å². The van der Waals surface area contributed by atoms with Gasteiger partial charge in [-0.3, -0.25) is 4.79 Å². The van der Waals surface area contributed by atoms with Gasteiger partial charge >= 0.3 is 11.6 Å². The van der Waals surface area contributed by atoms with Crippen molar-refractivity contribution >= 4 is 16.9 Å². The van der Waals surface area contributed by atoms with E-state index in [1.807, 2.05) is 0 Å². The van der Waals surface area contributed by atoms with Crippen molar-refractivity contribution in [1.29, 1.82) is 0 Å². The van der Waals surface area contributed by atoms with Crippen molar-refractivity contribution in [3.63, 3.8) is 0 Å². The molecule has 3 rings (SSSR count). The van der Waals surface area contributed by atoms with E-state index in [0.29, 0.717) is 22.3 Å². The number of hydrogen-bond donors (Lipinski definition) is 1. The molecule has 0 bridgehead atoms. The Labute approximate surface area is 126 Å². The summed E-state index contributed by atoms with van der Waals surface area (Å²) >= 11 is 0. The molecule has 22 heavy (non-hydrogen) atoms. The molecule has 1 aromatic heterocycles. The molecular weight excluding hydrogens is 288 g/mol. The lowest BCUT2D eigenvalue weighted by atomic mass is 9.88. The molecule has 0 aliphatic carbocycles. The maximum atomic E-state index is 11.3. The zero-order valence-electron chi connectivity index (χ0n) is 12.5. The molecule has 0 fully saturated rings. The van der Waals surface area contributed by atoms with Crippen LogP contribution >= 0.6 is 0 Å². The van der Waals surface area contributed by atoms with Crippen LogP contribution in [-0.4, -0.2) is 22.8 Å². The molecular formula is C16H16O6. The Kier molecular flexibility index (Phi) is 3.21. The highest BCUT2D eigenvalue weighted by Gasteiger charge is 2.45. The predicted octanol–water partition coefficient (Wildman–Crippen LogP) is 1.93. The van der Waals surface area contributed by atoms with Crippen molar-refractivity contribution < 1.29 is 23.8 Å². The van der Waals surface area contributed by atoms with Gasteiger partial charge < -0.3 is 19.0 Å². The van der Waals surface area contributed by atoms with E-state index in [9.17, 15) is 14.7 Å². The minimum absolute atomic E-state index is 0.375. The summed E-state index contributed by atoms with van der Waals surface area (Å²) in [6.45, 7) is 4.73. The zero-order valence-corrected chi connectivity index (χ0v) is 12.5. The Bertz CT molecular complexity index is 804. The van der Waals surface area contributed by atoms with E-state index >= 15 is 0 Å². The molecule has 1 N–H and O–H groups in total. The molecule has 1 aromatic carbocycles. The van der Waals surface area contributed by atoms with Crippen molar-refractivity contribution in [2.24, 2.45) is 0 Å². The number of carbonyl (C=O) groups excluding carboxylic acids is 1. The van der Waals surface area contributed by atoms with E-state index in [-0.39, 0.29) is 0 Å². The van der Waals surface area contributed by atoms with E-state index in [0.717, 1.165) is 0 Å². The topological polar surface area (TPSA) is 86.0 Å². The number of aliphatic hydroxyl groups is 1. The normalized spacial score (nSPS) is 22.7. The summed E-state index contributed by atoms with van der Waals surface area (Å²) in [5, 5.41) is 11.2. The van der Waals surface area contributed by atoms with Gasteiger partial charge in [0.1, 0.15) is 23.0 Å². The number of carbonyl (C=O) groups is 1. The molecule has 0 amide bonds. The van der Waals surface area contributed by atoms with Gasteiger partial charge in [0.15, 0.2) is 6.10 Å². The second-order valence-corrected chi connectivity index (χ2v) is 5.86. The van der Waals surface area contributed by atoms with E-state index in [4.69, 9.17) is 13.9 Å². The first-order chi connectivity index (χ1) is 10.3. The van der Waals surface area contributed by atoms with Crippen molar-refractivity contribution in [2.75, 3.05) is 0 Å². The second kappa shape index (κ2) is 4.84. The van der Waals surface area contributed by atoms with Gasteiger partial charge in [0.2, 0.25) is 0 Å². The summed E-state index contributed by atoms with van der Waals surface area (Å²) in [7, 11) is 0. The fourth-order valence-electron chi connectivity index (χ4n) is 2.70. The Morgan fingerprint density at radius 3 is 2.73 bits per heavy atom. The number of benzene rings is 1. The van der Waals surface area contributed by atoms with Crippen LogP contribution in [0.1, 0.15) is 32.4 Å². The molecule has 0 spiro atoms. The number of hydrogen-bond acceptors (Lipinski definition) is 6. The first-order valence-electron chi connectivity index (χ1n) is 6.90. The standard InChI is InChI=1S/C16H16O6/c1-8(17)20-15-14(19)10-6-9-4-5-13(18)21-11(9)7-12(10)22-16(15,2)3/h4-7,14-15,19H,1-3H3/t14-,15-/m1/s1. The lowest BCUT2D eigenvalue weighted by Gasteiger charge is -2.41. The van der Waals surface area contributed by atoms with E-state index in [1.54, 1.807) is 32.0 Å². The van der Waals surface area contributed by atoms with Crippen LogP contribution in [0.5, 0.6) is 5.75 Å². The van der Waals surface area contributed by atoms with E-state index in [1.165, 1.54) is 13.0 Å². The average molecular weight is 304 g/mol. The average Bonchev–Trinajstić information content (AvgIpc) is 2.41. The third-order valence-corrected chi connectivity index (χ3v) is 3.71. The molecule has 2 atom stereocenters. The first-order valence-corrected chi connectivity index (χ1v) is 6.90. The van der Waals surface area contributed by atoms with Crippen molar-refractivity contribution in [1.82, 2.24) is 0 Å². The highest BCUT2D eigenvalue weighted by Crippen LogP contribution is 2.42. The molecule has 6 nitrogen and oxygen atoms in total. The Morgan fingerprint density at radius 2 is 2.05 bits per heavy atom. The molecule has 116 valence electrons. The number of rotatable bonds is 1. The van der Waals surface area contributed by atoms with E-state index in [2.05, 4.69) is 0 Å². The van der Waals surface area contributed by atoms with Crippen LogP contribution in [0.4, 0.5) is 0 Å². The van der Waals surface area contributed by atoms with Crippen molar-refractivity contribution in [2.45, 2.75) is 38.6 Å². The SMILES string of the molecule is CC(=O)O[C@@H]1[C@H](O)c2cc3ccc(=O)oc3cc2OC1(C)C. The van der Waals surface area contributed by atoms with Gasteiger partial charge in [-0.2, -0.15) is 0 Å². The summed E-state index contributed by atoms with van der Waals surface area (Å²) in [6, 6.07) is 6.15.